The maximum Gasteiger partial charge on any atom is 0.147 e. The molecular weight excluding hydrogens is 162 g/mol. The Morgan fingerprint density at radius 1 is 1.15 bits per heavy atom. The zero-order valence-electron chi connectivity index (χ0n) is 7.90. The molecule has 3 nitrogen and oxygen atoms in total. The van der Waals surface area contributed by atoms with E-state index in [1.165, 1.54) is 0 Å². The van der Waals surface area contributed by atoms with Crippen molar-refractivity contribution in [3.63, 3.8) is 0 Å². The first kappa shape index (κ1) is 8.48. The first-order chi connectivity index (χ1) is 6.36. The third kappa shape index (κ3) is 1.97. The van der Waals surface area contributed by atoms with Gasteiger partial charge in [-0.2, -0.15) is 0 Å². The summed E-state index contributed by atoms with van der Waals surface area (Å²) in [7, 11) is 0. The summed E-state index contributed by atoms with van der Waals surface area (Å²) >= 11 is 0. The molecule has 0 bridgehead atoms. The molecule has 0 spiro atoms. The van der Waals surface area contributed by atoms with E-state index < -0.39 is 0 Å². The van der Waals surface area contributed by atoms with Crippen molar-refractivity contribution >= 4 is 5.82 Å². The van der Waals surface area contributed by atoms with Crippen molar-refractivity contribution in [2.24, 2.45) is 0 Å². The number of anilines is 1. The van der Waals surface area contributed by atoms with Crippen LogP contribution in [-0.4, -0.2) is 23.1 Å². The smallest absolute Gasteiger partial charge is 0.147 e. The van der Waals surface area contributed by atoms with Crippen LogP contribution in [0.3, 0.4) is 0 Å². The third-order valence-electron chi connectivity index (χ3n) is 2.30. The van der Waals surface area contributed by atoms with Crippen LogP contribution in [0.25, 0.3) is 0 Å². The second kappa shape index (κ2) is 3.73. The van der Waals surface area contributed by atoms with Gasteiger partial charge in [0.05, 0.1) is 18.1 Å². The van der Waals surface area contributed by atoms with Gasteiger partial charge in [0.2, 0.25) is 0 Å². The lowest BCUT2D eigenvalue weighted by Crippen LogP contribution is -2.30. The van der Waals surface area contributed by atoms with Gasteiger partial charge < -0.3 is 4.90 Å². The molecule has 0 unspecified atom stereocenters. The highest BCUT2D eigenvalue weighted by Gasteiger charge is 2.11. The monoisotopic (exact) mass is 176 g/mol. The van der Waals surface area contributed by atoms with Crippen molar-refractivity contribution < 1.29 is 0 Å². The van der Waals surface area contributed by atoms with E-state index >= 15 is 0 Å². The Labute approximate surface area is 78.8 Å². The van der Waals surface area contributed by atoms with Crippen LogP contribution in [0.2, 0.25) is 0 Å². The van der Waals surface area contributed by atoms with E-state index in [0.29, 0.717) is 0 Å². The van der Waals surface area contributed by atoms with Gasteiger partial charge in [0, 0.05) is 13.1 Å². The largest absolute Gasteiger partial charge is 0.355 e. The summed E-state index contributed by atoms with van der Waals surface area (Å²) in [6, 6.07) is 0. The normalized spacial score (nSPS) is 17.5. The Morgan fingerprint density at radius 3 is 2.54 bits per heavy atom. The molecule has 1 saturated heterocycles. The molecule has 1 aliphatic rings. The lowest BCUT2D eigenvalue weighted by Gasteiger charge is -2.27. The van der Waals surface area contributed by atoms with Gasteiger partial charge in [0.1, 0.15) is 5.82 Å². The van der Waals surface area contributed by atoms with Crippen LogP contribution >= 0.6 is 0 Å². The van der Waals surface area contributed by atoms with E-state index in [1.807, 2.05) is 19.3 Å². The number of nitrogens with zero attached hydrogens (tertiary/aromatic N) is 3. The molecule has 0 amide bonds. The molecule has 3 heteroatoms. The average Bonchev–Trinajstić information content (AvgIpc) is 2.20. The van der Waals surface area contributed by atoms with Crippen LogP contribution in [0.5, 0.6) is 0 Å². The fourth-order valence-corrected chi connectivity index (χ4v) is 1.53. The van der Waals surface area contributed by atoms with Crippen LogP contribution in [0.4, 0.5) is 5.82 Å². The molecule has 0 N–H and O–H groups in total. The highest BCUT2D eigenvalue weighted by Crippen LogP contribution is 2.15. The molecule has 1 aromatic heterocycles. The van der Waals surface area contributed by atoms with Crippen LogP contribution in [0.1, 0.15) is 18.5 Å². The van der Waals surface area contributed by atoms with E-state index in [0.717, 1.165) is 37.4 Å². The van der Waals surface area contributed by atoms with Crippen molar-refractivity contribution in [3.05, 3.63) is 24.5 Å². The van der Waals surface area contributed by atoms with E-state index in [1.54, 1.807) is 0 Å². The lowest BCUT2D eigenvalue weighted by atomic mass is 10.1. The summed E-state index contributed by atoms with van der Waals surface area (Å²) in [6.07, 6.45) is 8.34. The van der Waals surface area contributed by atoms with E-state index in [-0.39, 0.29) is 0 Å². The van der Waals surface area contributed by atoms with Gasteiger partial charge in [0.15, 0.2) is 0 Å². The van der Waals surface area contributed by atoms with Crippen molar-refractivity contribution in [1.82, 2.24) is 9.97 Å². The van der Waals surface area contributed by atoms with Gasteiger partial charge in [-0.25, -0.2) is 4.98 Å². The van der Waals surface area contributed by atoms with Crippen molar-refractivity contribution in [1.29, 1.82) is 0 Å². The Bertz CT molecular complexity index is 262. The first-order valence-electron chi connectivity index (χ1n) is 4.71. The number of hydrogen-bond donors (Lipinski definition) is 0. The van der Waals surface area contributed by atoms with E-state index in [9.17, 15) is 0 Å². The average molecular weight is 176 g/mol. The second-order valence-corrected chi connectivity index (χ2v) is 3.37. The number of rotatable bonds is 1. The topological polar surface area (TPSA) is 29.0 Å². The predicted octanol–water partition coefficient (Wildman–Crippen LogP) is 1.59. The molecule has 1 aliphatic heterocycles. The number of aromatic nitrogens is 2. The highest BCUT2D eigenvalue weighted by molar-refractivity contribution is 5.36. The molecule has 69 valence electrons. The Balaban J connectivity index is 2.10. The van der Waals surface area contributed by atoms with Crippen molar-refractivity contribution in [2.45, 2.75) is 19.8 Å². The lowest BCUT2D eigenvalue weighted by molar-refractivity contribution is 0.669. The van der Waals surface area contributed by atoms with Gasteiger partial charge in [0.25, 0.3) is 0 Å². The Kier molecular flexibility index (Phi) is 2.43. The molecule has 0 aromatic carbocycles. The number of piperidine rings is 1. The molecule has 0 saturated carbocycles. The minimum atomic E-state index is 0.979. The van der Waals surface area contributed by atoms with Gasteiger partial charge in [-0.15, -0.1) is 0 Å². The quantitative estimate of drug-likeness (QED) is 0.650. The van der Waals surface area contributed by atoms with E-state index in [4.69, 9.17) is 0 Å². The summed E-state index contributed by atoms with van der Waals surface area (Å²) < 4.78 is 0. The standard InChI is InChI=1S/C10H14N3/c1-9-7-12-10(8-11-9)13-5-3-2-4-6-13/h2,7-8H,3-6H2,1H3. The van der Waals surface area contributed by atoms with E-state index in [2.05, 4.69) is 21.3 Å². The van der Waals surface area contributed by atoms with Crippen LogP contribution < -0.4 is 4.90 Å². The van der Waals surface area contributed by atoms with Gasteiger partial charge >= 0.3 is 0 Å². The van der Waals surface area contributed by atoms with Gasteiger partial charge in [-0.05, 0) is 26.2 Å². The molecular formula is C10H14N3. The van der Waals surface area contributed by atoms with Gasteiger partial charge in [-0.1, -0.05) is 0 Å². The third-order valence-corrected chi connectivity index (χ3v) is 2.30. The zero-order chi connectivity index (χ0) is 9.10. The molecule has 1 radical (unpaired) electrons. The minimum Gasteiger partial charge on any atom is -0.355 e. The maximum atomic E-state index is 4.35. The molecule has 1 fully saturated rings. The molecule has 0 aliphatic carbocycles. The minimum absolute atomic E-state index is 0.979. The van der Waals surface area contributed by atoms with Crippen molar-refractivity contribution in [3.8, 4) is 0 Å². The highest BCUT2D eigenvalue weighted by atomic mass is 15.2. The summed E-state index contributed by atoms with van der Waals surface area (Å²) in [5, 5.41) is 0. The summed E-state index contributed by atoms with van der Waals surface area (Å²) in [4.78, 5) is 10.9. The fraction of sp³-hybridized carbons (Fsp3) is 0.500. The van der Waals surface area contributed by atoms with Gasteiger partial charge in [-0.3, -0.25) is 4.98 Å². The predicted molar refractivity (Wildman–Crippen MR) is 52.5 cm³/mol. The van der Waals surface area contributed by atoms with Crippen LogP contribution in [0.15, 0.2) is 12.4 Å². The Hall–Kier alpha value is -1.12. The maximum absolute atomic E-state index is 4.35. The SMILES string of the molecule is Cc1cnc(N2CC[CH]CC2)cn1. The Morgan fingerprint density at radius 2 is 1.92 bits per heavy atom. The molecule has 2 heterocycles. The van der Waals surface area contributed by atoms with Crippen molar-refractivity contribution in [2.75, 3.05) is 18.0 Å². The first-order valence-corrected chi connectivity index (χ1v) is 4.71. The summed E-state index contributed by atoms with van der Waals surface area (Å²) in [6.45, 7) is 4.12. The summed E-state index contributed by atoms with van der Waals surface area (Å²) in [5.74, 6) is 1.01. The fourth-order valence-electron chi connectivity index (χ4n) is 1.53. The number of hydrogen-bond acceptors (Lipinski definition) is 3. The summed E-state index contributed by atoms with van der Waals surface area (Å²) in [5.41, 5.74) is 0.979. The second-order valence-electron chi connectivity index (χ2n) is 3.37. The molecule has 1 aromatic rings. The van der Waals surface area contributed by atoms with Crippen LogP contribution in [-0.2, 0) is 0 Å². The zero-order valence-corrected chi connectivity index (χ0v) is 7.90. The molecule has 2 rings (SSSR count). The number of aryl methyl sites for hydroxylation is 1. The molecule has 13 heavy (non-hydrogen) atoms. The molecule has 0 atom stereocenters. The van der Waals surface area contributed by atoms with Crippen LogP contribution in [0, 0.1) is 13.3 Å².